The minimum Gasteiger partial charge on any atom is -0.381 e. The van der Waals surface area contributed by atoms with Crippen molar-refractivity contribution in [2.24, 2.45) is 5.41 Å². The number of nitrogen functional groups attached to an aromatic ring is 1. The van der Waals surface area contributed by atoms with Gasteiger partial charge in [0.2, 0.25) is 0 Å². The fourth-order valence-corrected chi connectivity index (χ4v) is 2.78. The van der Waals surface area contributed by atoms with Gasteiger partial charge in [0, 0.05) is 6.54 Å². The Bertz CT molecular complexity index is 632. The van der Waals surface area contributed by atoms with Crippen LogP contribution in [-0.2, 0) is 0 Å². The maximum Gasteiger partial charge on any atom is 0.169 e. The summed E-state index contributed by atoms with van der Waals surface area (Å²) < 4.78 is 0. The average molecular weight is 285 g/mol. The summed E-state index contributed by atoms with van der Waals surface area (Å²) >= 11 is 0. The Morgan fingerprint density at radius 3 is 2.48 bits per heavy atom. The zero-order chi connectivity index (χ0) is 14.9. The highest BCUT2D eigenvalue weighted by Crippen LogP contribution is 2.31. The first-order valence-corrected chi connectivity index (χ1v) is 7.50. The van der Waals surface area contributed by atoms with Crippen molar-refractivity contribution in [1.29, 1.82) is 0 Å². The van der Waals surface area contributed by atoms with Crippen molar-refractivity contribution in [3.05, 3.63) is 24.3 Å². The Hall–Kier alpha value is -1.88. The third-order valence-electron chi connectivity index (χ3n) is 4.47. The molecule has 3 N–H and O–H groups in total. The molecule has 1 aromatic heterocycles. The minimum absolute atomic E-state index is 0.298. The second-order valence-electron chi connectivity index (χ2n) is 6.41. The summed E-state index contributed by atoms with van der Waals surface area (Å²) in [6, 6.07) is 7.81. The number of para-hydroxylation sites is 2. The van der Waals surface area contributed by atoms with E-state index >= 15 is 0 Å². The van der Waals surface area contributed by atoms with E-state index in [0.29, 0.717) is 17.1 Å². The van der Waals surface area contributed by atoms with Crippen molar-refractivity contribution in [3.63, 3.8) is 0 Å². The third-order valence-corrected chi connectivity index (χ3v) is 4.47. The monoisotopic (exact) mass is 285 g/mol. The van der Waals surface area contributed by atoms with Crippen LogP contribution < -0.4 is 11.1 Å². The Morgan fingerprint density at radius 2 is 1.81 bits per heavy atom. The van der Waals surface area contributed by atoms with Gasteiger partial charge in [-0.2, -0.15) is 0 Å². The van der Waals surface area contributed by atoms with Gasteiger partial charge in [0.05, 0.1) is 11.0 Å². The molecule has 1 saturated heterocycles. The Kier molecular flexibility index (Phi) is 3.68. The molecule has 21 heavy (non-hydrogen) atoms. The van der Waals surface area contributed by atoms with Crippen LogP contribution in [0.3, 0.4) is 0 Å². The van der Waals surface area contributed by atoms with Crippen LogP contribution in [0.25, 0.3) is 11.0 Å². The molecule has 3 rings (SSSR count). The van der Waals surface area contributed by atoms with Gasteiger partial charge in [0.25, 0.3) is 0 Å². The molecular formula is C16H23N5. The first kappa shape index (κ1) is 14.1. The molecule has 0 radical (unpaired) electrons. The number of hydrogen-bond donors (Lipinski definition) is 2. The third kappa shape index (κ3) is 3.08. The van der Waals surface area contributed by atoms with Crippen LogP contribution in [0.15, 0.2) is 24.3 Å². The highest BCUT2D eigenvalue weighted by Gasteiger charge is 2.28. The van der Waals surface area contributed by atoms with Crippen molar-refractivity contribution in [2.45, 2.75) is 19.8 Å². The fraction of sp³-hybridized carbons (Fsp3) is 0.500. The number of aromatic nitrogens is 2. The molecule has 5 heteroatoms. The highest BCUT2D eigenvalue weighted by atomic mass is 15.1. The van der Waals surface area contributed by atoms with Crippen LogP contribution in [0.4, 0.5) is 11.6 Å². The first-order chi connectivity index (χ1) is 10.1. The van der Waals surface area contributed by atoms with Crippen LogP contribution >= 0.6 is 0 Å². The normalized spacial score (nSPS) is 18.8. The summed E-state index contributed by atoms with van der Waals surface area (Å²) in [7, 11) is 2.18. The molecular weight excluding hydrogens is 262 g/mol. The smallest absolute Gasteiger partial charge is 0.169 e. The molecule has 1 aliphatic heterocycles. The van der Waals surface area contributed by atoms with E-state index in [1.165, 1.54) is 12.8 Å². The number of nitrogens with two attached hydrogens (primary N) is 1. The Morgan fingerprint density at radius 1 is 1.19 bits per heavy atom. The van der Waals surface area contributed by atoms with Crippen molar-refractivity contribution in [2.75, 3.05) is 37.7 Å². The number of hydrogen-bond acceptors (Lipinski definition) is 5. The zero-order valence-corrected chi connectivity index (χ0v) is 12.8. The molecule has 0 atom stereocenters. The van der Waals surface area contributed by atoms with E-state index in [9.17, 15) is 0 Å². The SMILES string of the molecule is CN1CCC(C)(CNc2nc3ccccc3nc2N)CC1. The lowest BCUT2D eigenvalue weighted by Crippen LogP contribution is -2.40. The Labute approximate surface area is 125 Å². The van der Waals surface area contributed by atoms with E-state index in [1.807, 2.05) is 24.3 Å². The molecule has 0 unspecified atom stereocenters. The standard InChI is InChI=1S/C16H23N5/c1-16(7-9-21(2)10-8-16)11-18-15-14(17)19-12-5-3-4-6-13(12)20-15/h3-6H,7-11H2,1-2H3,(H2,17,19)(H,18,20). The molecule has 2 aromatic rings. The number of anilines is 2. The summed E-state index contributed by atoms with van der Waals surface area (Å²) in [5.41, 5.74) is 8.04. The Balaban J connectivity index is 1.74. The molecule has 0 bridgehead atoms. The van der Waals surface area contributed by atoms with Gasteiger partial charge in [-0.05, 0) is 50.5 Å². The van der Waals surface area contributed by atoms with Crippen LogP contribution in [0, 0.1) is 5.41 Å². The lowest BCUT2D eigenvalue weighted by Gasteiger charge is -2.38. The first-order valence-electron chi connectivity index (χ1n) is 7.50. The molecule has 5 nitrogen and oxygen atoms in total. The van der Waals surface area contributed by atoms with E-state index in [1.54, 1.807) is 0 Å². The van der Waals surface area contributed by atoms with Crippen molar-refractivity contribution < 1.29 is 0 Å². The van der Waals surface area contributed by atoms with Gasteiger partial charge in [-0.3, -0.25) is 0 Å². The van der Waals surface area contributed by atoms with Gasteiger partial charge >= 0.3 is 0 Å². The number of fused-ring (bicyclic) bond motifs is 1. The number of nitrogens with zero attached hydrogens (tertiary/aromatic N) is 3. The fourth-order valence-electron chi connectivity index (χ4n) is 2.78. The molecule has 1 aliphatic rings. The molecule has 0 spiro atoms. The van der Waals surface area contributed by atoms with Gasteiger partial charge < -0.3 is 16.0 Å². The second-order valence-corrected chi connectivity index (χ2v) is 6.41. The summed E-state index contributed by atoms with van der Waals surface area (Å²) in [6.45, 7) is 5.52. The number of rotatable bonds is 3. The van der Waals surface area contributed by atoms with Crippen molar-refractivity contribution in [1.82, 2.24) is 14.9 Å². The summed E-state index contributed by atoms with van der Waals surface area (Å²) in [6.07, 6.45) is 2.38. The average Bonchev–Trinajstić information content (AvgIpc) is 2.49. The van der Waals surface area contributed by atoms with E-state index < -0.39 is 0 Å². The van der Waals surface area contributed by atoms with Crippen LogP contribution in [-0.4, -0.2) is 41.5 Å². The number of nitrogens with one attached hydrogen (secondary N) is 1. The van der Waals surface area contributed by atoms with E-state index in [-0.39, 0.29) is 0 Å². The van der Waals surface area contributed by atoms with Crippen LogP contribution in [0.5, 0.6) is 0 Å². The van der Waals surface area contributed by atoms with Crippen LogP contribution in [0.2, 0.25) is 0 Å². The predicted molar refractivity (Wildman–Crippen MR) is 87.3 cm³/mol. The molecule has 2 heterocycles. The largest absolute Gasteiger partial charge is 0.381 e. The number of piperidine rings is 1. The zero-order valence-electron chi connectivity index (χ0n) is 12.8. The van der Waals surface area contributed by atoms with Gasteiger partial charge in [0.1, 0.15) is 0 Å². The number of likely N-dealkylation sites (tertiary alicyclic amines) is 1. The maximum absolute atomic E-state index is 6.02. The van der Waals surface area contributed by atoms with Gasteiger partial charge in [-0.1, -0.05) is 19.1 Å². The van der Waals surface area contributed by atoms with E-state index in [4.69, 9.17) is 5.73 Å². The molecule has 0 aliphatic carbocycles. The molecule has 0 saturated carbocycles. The van der Waals surface area contributed by atoms with E-state index in [2.05, 4.69) is 34.2 Å². The quantitative estimate of drug-likeness (QED) is 0.906. The summed E-state index contributed by atoms with van der Waals surface area (Å²) in [5, 5.41) is 3.41. The second kappa shape index (κ2) is 5.48. The number of benzene rings is 1. The topological polar surface area (TPSA) is 67.1 Å². The predicted octanol–water partition coefficient (Wildman–Crippen LogP) is 2.36. The van der Waals surface area contributed by atoms with Gasteiger partial charge in [0.15, 0.2) is 11.6 Å². The van der Waals surface area contributed by atoms with Crippen molar-refractivity contribution >= 4 is 22.7 Å². The highest BCUT2D eigenvalue weighted by molar-refractivity contribution is 5.79. The molecule has 1 fully saturated rings. The van der Waals surface area contributed by atoms with E-state index in [0.717, 1.165) is 30.7 Å². The minimum atomic E-state index is 0.298. The lowest BCUT2D eigenvalue weighted by molar-refractivity contribution is 0.150. The van der Waals surface area contributed by atoms with Gasteiger partial charge in [-0.15, -0.1) is 0 Å². The van der Waals surface area contributed by atoms with Gasteiger partial charge in [-0.25, -0.2) is 9.97 Å². The summed E-state index contributed by atoms with van der Waals surface area (Å²) in [4.78, 5) is 11.4. The van der Waals surface area contributed by atoms with Crippen LogP contribution in [0.1, 0.15) is 19.8 Å². The lowest BCUT2D eigenvalue weighted by atomic mass is 9.80. The van der Waals surface area contributed by atoms with Crippen molar-refractivity contribution in [3.8, 4) is 0 Å². The molecule has 112 valence electrons. The molecule has 0 amide bonds. The molecule has 1 aromatic carbocycles. The summed E-state index contributed by atoms with van der Waals surface area (Å²) in [5.74, 6) is 1.18. The maximum atomic E-state index is 6.02.